The van der Waals surface area contributed by atoms with Gasteiger partial charge in [-0.1, -0.05) is 19.9 Å². The molecule has 0 aliphatic carbocycles. The summed E-state index contributed by atoms with van der Waals surface area (Å²) in [5.41, 5.74) is 2.44. The van der Waals surface area contributed by atoms with E-state index >= 15 is 0 Å². The molecule has 18 heavy (non-hydrogen) atoms. The van der Waals surface area contributed by atoms with Crippen LogP contribution in [0, 0.1) is 11.3 Å². The number of rotatable bonds is 4. The SMILES string of the molecule is CC(C)NCc1ccc(-n2cncn2)c(C#N)c1. The van der Waals surface area contributed by atoms with Crippen molar-refractivity contribution in [1.82, 2.24) is 20.1 Å². The van der Waals surface area contributed by atoms with Crippen molar-refractivity contribution in [2.45, 2.75) is 26.4 Å². The molecule has 1 heterocycles. The zero-order valence-electron chi connectivity index (χ0n) is 10.5. The van der Waals surface area contributed by atoms with Crippen molar-refractivity contribution in [3.63, 3.8) is 0 Å². The van der Waals surface area contributed by atoms with Crippen molar-refractivity contribution in [1.29, 1.82) is 5.26 Å². The van der Waals surface area contributed by atoms with E-state index in [0.29, 0.717) is 11.6 Å². The molecule has 0 amide bonds. The van der Waals surface area contributed by atoms with Crippen molar-refractivity contribution in [3.8, 4) is 11.8 Å². The van der Waals surface area contributed by atoms with Crippen LogP contribution in [0.15, 0.2) is 30.9 Å². The third-order valence-corrected chi connectivity index (χ3v) is 2.56. The highest BCUT2D eigenvalue weighted by Crippen LogP contribution is 2.14. The molecule has 1 N–H and O–H groups in total. The minimum absolute atomic E-state index is 0.422. The van der Waals surface area contributed by atoms with Crippen LogP contribution in [-0.2, 0) is 6.54 Å². The molecule has 0 aliphatic heterocycles. The number of nitrogens with zero attached hydrogens (tertiary/aromatic N) is 4. The van der Waals surface area contributed by atoms with Crippen LogP contribution >= 0.6 is 0 Å². The maximum absolute atomic E-state index is 9.19. The lowest BCUT2D eigenvalue weighted by Crippen LogP contribution is -2.21. The topological polar surface area (TPSA) is 66.5 Å². The number of benzene rings is 1. The first kappa shape index (κ1) is 12.3. The summed E-state index contributed by atoms with van der Waals surface area (Å²) in [7, 11) is 0. The van der Waals surface area contributed by atoms with Crippen LogP contribution in [0.1, 0.15) is 25.0 Å². The third kappa shape index (κ3) is 2.73. The molecular formula is C13H15N5. The molecule has 5 heteroatoms. The van der Waals surface area contributed by atoms with E-state index < -0.39 is 0 Å². The molecule has 0 radical (unpaired) electrons. The van der Waals surface area contributed by atoms with Gasteiger partial charge in [-0.25, -0.2) is 9.67 Å². The number of nitriles is 1. The second-order valence-electron chi connectivity index (χ2n) is 4.34. The average Bonchev–Trinajstić information content (AvgIpc) is 2.89. The molecule has 1 aromatic carbocycles. The number of hydrogen-bond acceptors (Lipinski definition) is 4. The van der Waals surface area contributed by atoms with Crippen molar-refractivity contribution < 1.29 is 0 Å². The fraction of sp³-hybridized carbons (Fsp3) is 0.308. The highest BCUT2D eigenvalue weighted by Gasteiger charge is 2.06. The van der Waals surface area contributed by atoms with Crippen LogP contribution in [0.5, 0.6) is 0 Å². The molecule has 92 valence electrons. The lowest BCUT2D eigenvalue weighted by Gasteiger charge is -2.10. The number of aromatic nitrogens is 3. The van der Waals surface area contributed by atoms with E-state index in [-0.39, 0.29) is 0 Å². The highest BCUT2D eigenvalue weighted by molar-refractivity contribution is 5.49. The Morgan fingerprint density at radius 2 is 2.28 bits per heavy atom. The first-order chi connectivity index (χ1) is 8.70. The summed E-state index contributed by atoms with van der Waals surface area (Å²) in [6.07, 6.45) is 3.04. The smallest absolute Gasteiger partial charge is 0.138 e. The van der Waals surface area contributed by atoms with E-state index in [4.69, 9.17) is 0 Å². The average molecular weight is 241 g/mol. The Bertz CT molecular complexity index is 551. The molecule has 0 unspecified atom stereocenters. The zero-order valence-corrected chi connectivity index (χ0v) is 10.5. The first-order valence-electron chi connectivity index (χ1n) is 5.82. The van der Waals surface area contributed by atoms with Gasteiger partial charge in [0.05, 0.1) is 11.3 Å². The molecule has 0 bridgehead atoms. The summed E-state index contributed by atoms with van der Waals surface area (Å²) in [6.45, 7) is 4.94. The van der Waals surface area contributed by atoms with Crippen LogP contribution in [0.3, 0.4) is 0 Å². The number of hydrogen-bond donors (Lipinski definition) is 1. The summed E-state index contributed by atoms with van der Waals surface area (Å²) >= 11 is 0. The van der Waals surface area contributed by atoms with Gasteiger partial charge in [0.25, 0.3) is 0 Å². The Balaban J connectivity index is 2.27. The summed E-state index contributed by atoms with van der Waals surface area (Å²) in [6, 6.07) is 8.39. The van der Waals surface area contributed by atoms with E-state index in [1.807, 2.05) is 18.2 Å². The molecule has 0 saturated carbocycles. The lowest BCUT2D eigenvalue weighted by atomic mass is 10.1. The van der Waals surface area contributed by atoms with Gasteiger partial charge in [-0.3, -0.25) is 0 Å². The van der Waals surface area contributed by atoms with Gasteiger partial charge in [-0.2, -0.15) is 10.4 Å². The number of nitrogens with one attached hydrogen (secondary N) is 1. The molecule has 2 aromatic rings. The predicted molar refractivity (Wildman–Crippen MR) is 68.0 cm³/mol. The maximum Gasteiger partial charge on any atom is 0.138 e. The predicted octanol–water partition coefficient (Wildman–Crippen LogP) is 1.64. The van der Waals surface area contributed by atoms with E-state index in [0.717, 1.165) is 17.8 Å². The van der Waals surface area contributed by atoms with Gasteiger partial charge >= 0.3 is 0 Å². The summed E-state index contributed by atoms with van der Waals surface area (Å²) in [5.74, 6) is 0. The van der Waals surface area contributed by atoms with Crippen LogP contribution in [0.25, 0.3) is 5.69 Å². The van der Waals surface area contributed by atoms with Crippen molar-refractivity contribution in [2.75, 3.05) is 0 Å². The normalized spacial score (nSPS) is 10.6. The molecule has 1 aromatic heterocycles. The Morgan fingerprint density at radius 1 is 1.44 bits per heavy atom. The fourth-order valence-corrected chi connectivity index (χ4v) is 1.64. The highest BCUT2D eigenvalue weighted by atomic mass is 15.3. The molecule has 0 aliphatic rings. The molecule has 5 nitrogen and oxygen atoms in total. The standard InChI is InChI=1S/C13H15N5/c1-10(2)16-7-11-3-4-13(12(5-11)6-14)18-9-15-8-17-18/h3-5,8-10,16H,7H2,1-2H3. The molecule has 0 fully saturated rings. The Labute approximate surface area is 106 Å². The van der Waals surface area contributed by atoms with Crippen LogP contribution in [0.2, 0.25) is 0 Å². The maximum atomic E-state index is 9.19. The van der Waals surface area contributed by atoms with Gasteiger partial charge in [0.15, 0.2) is 0 Å². The van der Waals surface area contributed by atoms with Crippen molar-refractivity contribution in [3.05, 3.63) is 42.0 Å². The second kappa shape index (κ2) is 5.43. The monoisotopic (exact) mass is 241 g/mol. The second-order valence-corrected chi connectivity index (χ2v) is 4.34. The van der Waals surface area contributed by atoms with Crippen LogP contribution in [0.4, 0.5) is 0 Å². The van der Waals surface area contributed by atoms with E-state index in [1.165, 1.54) is 6.33 Å². The summed E-state index contributed by atoms with van der Waals surface area (Å²) in [4.78, 5) is 3.89. The molecular weight excluding hydrogens is 226 g/mol. The Morgan fingerprint density at radius 3 is 2.89 bits per heavy atom. The lowest BCUT2D eigenvalue weighted by molar-refractivity contribution is 0.588. The van der Waals surface area contributed by atoms with Gasteiger partial charge in [0.1, 0.15) is 18.7 Å². The molecule has 0 atom stereocenters. The quantitative estimate of drug-likeness (QED) is 0.883. The minimum Gasteiger partial charge on any atom is -0.310 e. The molecule has 0 saturated heterocycles. The van der Waals surface area contributed by atoms with Crippen LogP contribution in [-0.4, -0.2) is 20.8 Å². The molecule has 2 rings (SSSR count). The summed E-state index contributed by atoms with van der Waals surface area (Å²) < 4.78 is 1.60. The largest absolute Gasteiger partial charge is 0.310 e. The Hall–Kier alpha value is -2.19. The first-order valence-corrected chi connectivity index (χ1v) is 5.82. The minimum atomic E-state index is 0.422. The Kier molecular flexibility index (Phi) is 3.70. The zero-order chi connectivity index (χ0) is 13.0. The fourth-order valence-electron chi connectivity index (χ4n) is 1.64. The van der Waals surface area contributed by atoms with Gasteiger partial charge in [0, 0.05) is 12.6 Å². The van der Waals surface area contributed by atoms with Crippen molar-refractivity contribution >= 4 is 0 Å². The van der Waals surface area contributed by atoms with E-state index in [1.54, 1.807) is 11.0 Å². The van der Waals surface area contributed by atoms with Gasteiger partial charge in [-0.05, 0) is 17.7 Å². The van der Waals surface area contributed by atoms with Gasteiger partial charge in [-0.15, -0.1) is 0 Å². The molecule has 0 spiro atoms. The van der Waals surface area contributed by atoms with Crippen molar-refractivity contribution in [2.24, 2.45) is 0 Å². The van der Waals surface area contributed by atoms with Gasteiger partial charge < -0.3 is 5.32 Å². The van der Waals surface area contributed by atoms with E-state index in [2.05, 4.69) is 35.3 Å². The third-order valence-electron chi connectivity index (χ3n) is 2.56. The van der Waals surface area contributed by atoms with Crippen LogP contribution < -0.4 is 5.32 Å². The summed E-state index contributed by atoms with van der Waals surface area (Å²) in [5, 5.41) is 16.5. The van der Waals surface area contributed by atoms with Gasteiger partial charge in [0.2, 0.25) is 0 Å². The van der Waals surface area contributed by atoms with E-state index in [9.17, 15) is 5.26 Å².